The molecule has 0 radical (unpaired) electrons. The highest BCUT2D eigenvalue weighted by atomic mass is 32.2. The van der Waals surface area contributed by atoms with Gasteiger partial charge in [-0.15, -0.1) is 11.8 Å². The van der Waals surface area contributed by atoms with Crippen LogP contribution in [0.4, 0.5) is 11.8 Å². The van der Waals surface area contributed by atoms with E-state index in [1.54, 1.807) is 49.1 Å². The third kappa shape index (κ3) is 19.4. The number of rotatable bonds is 16. The van der Waals surface area contributed by atoms with Gasteiger partial charge in [0.2, 0.25) is 11.9 Å². The molecule has 27 heteroatoms. The maximum atomic E-state index is 13.5. The van der Waals surface area contributed by atoms with Crippen molar-refractivity contribution < 1.29 is 57.6 Å². The number of anilines is 2. The van der Waals surface area contributed by atoms with Crippen LogP contribution < -0.4 is 33.3 Å². The Bertz CT molecular complexity index is 2950. The first-order valence-corrected chi connectivity index (χ1v) is 28.3. The molecule has 430 valence electrons. The molecule has 7 atom stereocenters. The van der Waals surface area contributed by atoms with Crippen LogP contribution in [0.3, 0.4) is 0 Å². The maximum absolute atomic E-state index is 13.5. The highest BCUT2D eigenvalue weighted by Crippen LogP contribution is 2.39. The number of nitrogen functional groups attached to an aromatic ring is 2. The number of phenols is 1. The van der Waals surface area contributed by atoms with Crippen molar-refractivity contribution in [1.82, 2.24) is 44.6 Å². The van der Waals surface area contributed by atoms with Crippen LogP contribution in [0.15, 0.2) is 81.6 Å². The first-order valence-electron chi connectivity index (χ1n) is 25.5. The number of piperidine rings is 1. The number of nitrogens with one attached hydrogen (secondary N) is 3. The number of likely N-dealkylation sites (tertiary alicyclic amines) is 1. The number of amides is 2. The lowest BCUT2D eigenvalue weighted by atomic mass is 9.72. The van der Waals surface area contributed by atoms with Crippen molar-refractivity contribution in [3.05, 3.63) is 99.1 Å². The Labute approximate surface area is 456 Å². The van der Waals surface area contributed by atoms with Crippen LogP contribution in [0.5, 0.6) is 5.75 Å². The fraction of sp³-hybridized carbons (Fsp3) is 0.549. The average Bonchev–Trinajstić information content (AvgIpc) is 4.06. The van der Waals surface area contributed by atoms with Crippen molar-refractivity contribution >= 4 is 56.6 Å². The summed E-state index contributed by atoms with van der Waals surface area (Å²) in [5, 5.41) is 54.6. The monoisotopic (exact) mass is 1130 g/mol. The van der Waals surface area contributed by atoms with Gasteiger partial charge in [0.1, 0.15) is 30.6 Å². The number of benzene rings is 2. The van der Waals surface area contributed by atoms with Gasteiger partial charge in [-0.2, -0.15) is 18.4 Å². The summed E-state index contributed by atoms with van der Waals surface area (Å²) in [5.41, 5.74) is 10.9. The molecule has 0 unspecified atom stereocenters. The zero-order valence-electron chi connectivity index (χ0n) is 44.5. The number of fused-ring (bicyclic) bond motifs is 2. The molecular weight excluding hydrogens is 1050 g/mol. The molecule has 3 aromatic heterocycles. The first kappa shape index (κ1) is 62.8. The molecule has 8 rings (SSSR count). The smallest absolute Gasteiger partial charge is 0.351 e. The minimum Gasteiger partial charge on any atom is -0.508 e. The molecular formula is C51H75N11O14S2. The minimum atomic E-state index is -3.67. The van der Waals surface area contributed by atoms with Crippen molar-refractivity contribution in [1.29, 1.82) is 0 Å². The molecule has 1 aliphatic carbocycles. The molecule has 0 bridgehead atoms. The number of ether oxygens (including phenoxy) is 2. The fourth-order valence-corrected chi connectivity index (χ4v) is 10.2. The van der Waals surface area contributed by atoms with Crippen molar-refractivity contribution in [3.8, 4) is 5.75 Å². The van der Waals surface area contributed by atoms with Crippen LogP contribution in [0, 0.1) is 18.8 Å². The van der Waals surface area contributed by atoms with Crippen LogP contribution in [0.25, 0.3) is 11.2 Å². The number of carbonyl (C=O) groups is 2. The number of aliphatic hydroxyl groups is 4. The van der Waals surface area contributed by atoms with E-state index in [4.69, 9.17) is 40.8 Å². The second-order valence-electron chi connectivity index (χ2n) is 20.3. The Morgan fingerprint density at radius 3 is 2.28 bits per heavy atom. The molecule has 2 saturated heterocycles. The van der Waals surface area contributed by atoms with Gasteiger partial charge in [0.25, 0.3) is 21.6 Å². The molecule has 5 heterocycles. The number of hydrogen-bond donors (Lipinski definition) is 11. The SMILES string of the molecule is CS(=O)(=O)O.Cc1c(O)cccc1C(=O)N[C@@H](CSc1ccccc1)[C@H](O)CN1C[C@H]2CCCC[C@H]2C[C@H]1C(=O)NC(C)(C)C.Nc1ccn([C@H]2CC[C@@H](CO)O2)c(=O)n1.Nc1nc2c(ncn2COC(CO)CO)c(=O)[nH]1. The predicted molar refractivity (Wildman–Crippen MR) is 293 cm³/mol. The molecule has 2 aliphatic heterocycles. The number of aromatic amines is 1. The van der Waals surface area contributed by atoms with Crippen LogP contribution in [-0.4, -0.2) is 165 Å². The number of carbonyl (C=O) groups excluding carboxylic acids is 2. The van der Waals surface area contributed by atoms with Gasteiger partial charge in [0, 0.05) is 46.6 Å². The van der Waals surface area contributed by atoms with Gasteiger partial charge < -0.3 is 57.1 Å². The van der Waals surface area contributed by atoms with Gasteiger partial charge in [0.05, 0.1) is 56.7 Å². The second-order valence-corrected chi connectivity index (χ2v) is 22.9. The lowest BCUT2D eigenvalue weighted by molar-refractivity contribution is -0.132. The number of hydrogen-bond acceptors (Lipinski definition) is 20. The van der Waals surface area contributed by atoms with E-state index >= 15 is 0 Å². The van der Waals surface area contributed by atoms with Gasteiger partial charge in [0.15, 0.2) is 11.2 Å². The summed E-state index contributed by atoms with van der Waals surface area (Å²) in [7, 11) is -3.67. The van der Waals surface area contributed by atoms with E-state index in [0.29, 0.717) is 47.9 Å². The Hall–Kier alpha value is -6.01. The van der Waals surface area contributed by atoms with E-state index in [1.807, 2.05) is 51.1 Å². The van der Waals surface area contributed by atoms with E-state index in [-0.39, 0.29) is 91.0 Å². The summed E-state index contributed by atoms with van der Waals surface area (Å²) in [4.78, 5) is 66.7. The van der Waals surface area contributed by atoms with Gasteiger partial charge in [-0.25, -0.2) is 9.78 Å². The van der Waals surface area contributed by atoms with Gasteiger partial charge in [-0.3, -0.25) is 38.0 Å². The second kappa shape index (κ2) is 29.3. The number of nitrogens with two attached hydrogens (primary N) is 2. The summed E-state index contributed by atoms with van der Waals surface area (Å²) < 4.78 is 39.4. The Kier molecular flexibility index (Phi) is 23.6. The largest absolute Gasteiger partial charge is 0.508 e. The van der Waals surface area contributed by atoms with E-state index in [9.17, 15) is 37.8 Å². The number of aliphatic hydroxyl groups excluding tert-OH is 4. The van der Waals surface area contributed by atoms with Gasteiger partial charge >= 0.3 is 5.69 Å². The normalized spacial score (nSPS) is 20.2. The number of nitrogens with zero attached hydrogens (tertiary/aromatic N) is 6. The number of H-pyrrole nitrogens is 1. The molecule has 5 aromatic rings. The third-order valence-electron chi connectivity index (χ3n) is 13.0. The third-order valence-corrected chi connectivity index (χ3v) is 14.2. The summed E-state index contributed by atoms with van der Waals surface area (Å²) >= 11 is 1.57. The fourth-order valence-electron chi connectivity index (χ4n) is 9.15. The standard InChI is InChI=1S/C32H45N3O4S.C9H13N5O4.C9H13N3O3.CH4O3S/c1-21-25(15-10-16-28(21)36)30(38)33-26(20-40-24-13-6-5-7-14-24)29(37)19-35-18-23-12-9-8-11-22(23)17-27(35)31(39)34-32(2,3)4;10-9-12-7-6(8(17)13-9)11-3-14(7)4-18-5(1-15)2-16;10-7-3-4-12(9(14)11-7)8-2-1-6(5-13)15-8;1-5(2,3)4/h5-7,10,13-16,22-23,26-27,29,36-37H,8-9,11-12,17-20H2,1-4H3,(H,33,38)(H,34,39);3,5,15-16H,1-2,4H2,(H3,10,12,13,17);3-4,6,8,13H,1-2,5H2,(H2,10,11,14);1H3,(H,2,3,4)/t22-,23+,26-,27-,29+;;6-,8+;/m0.0./s1. The average molecular weight is 1130 g/mol. The van der Waals surface area contributed by atoms with E-state index in [1.165, 1.54) is 28.3 Å². The van der Waals surface area contributed by atoms with Gasteiger partial charge in [-0.1, -0.05) is 43.5 Å². The van der Waals surface area contributed by atoms with Crippen LogP contribution >= 0.6 is 11.8 Å². The molecule has 3 aliphatic rings. The molecule has 3 fully saturated rings. The van der Waals surface area contributed by atoms with Crippen LogP contribution in [0.2, 0.25) is 0 Å². The number of β-amino-alcohol motifs (C(OH)–C–C–N with tert-alkyl or cyclic N) is 1. The minimum absolute atomic E-state index is 0.00181. The summed E-state index contributed by atoms with van der Waals surface area (Å²) in [5.74, 6) is 1.46. The summed E-state index contributed by atoms with van der Waals surface area (Å²) in [6, 6.07) is 15.5. The first-order chi connectivity index (χ1) is 36.9. The highest BCUT2D eigenvalue weighted by Gasteiger charge is 2.42. The van der Waals surface area contributed by atoms with Crippen LogP contribution in [0.1, 0.15) is 87.9 Å². The molecule has 2 amide bonds. The topological polar surface area (TPSA) is 386 Å². The van der Waals surface area contributed by atoms with Gasteiger partial charge in [-0.05, 0) is 95.5 Å². The molecule has 2 aromatic carbocycles. The lowest BCUT2D eigenvalue weighted by Gasteiger charge is -2.47. The molecule has 0 spiro atoms. The number of imidazole rings is 1. The van der Waals surface area contributed by atoms with Crippen LogP contribution in [-0.2, 0) is 31.1 Å². The maximum Gasteiger partial charge on any atom is 0.351 e. The van der Waals surface area contributed by atoms with Crippen molar-refractivity contribution in [3.63, 3.8) is 0 Å². The molecule has 13 N–H and O–H groups in total. The van der Waals surface area contributed by atoms with Crippen molar-refractivity contribution in [2.24, 2.45) is 11.8 Å². The zero-order chi connectivity index (χ0) is 57.3. The van der Waals surface area contributed by atoms with Crippen molar-refractivity contribution in [2.75, 3.05) is 56.4 Å². The highest BCUT2D eigenvalue weighted by molar-refractivity contribution is 7.99. The van der Waals surface area contributed by atoms with E-state index in [2.05, 4.69) is 35.5 Å². The lowest BCUT2D eigenvalue weighted by Crippen LogP contribution is -2.60. The Morgan fingerprint density at radius 1 is 0.974 bits per heavy atom. The number of thioether (sulfide) groups is 1. The molecule has 1 saturated carbocycles. The zero-order valence-corrected chi connectivity index (χ0v) is 46.1. The van der Waals surface area contributed by atoms with E-state index < -0.39 is 39.6 Å². The number of aromatic nitrogens is 6. The number of aromatic hydroxyl groups is 1. The van der Waals surface area contributed by atoms with Crippen molar-refractivity contribution in [2.45, 2.75) is 126 Å². The Morgan fingerprint density at radius 2 is 1.65 bits per heavy atom. The summed E-state index contributed by atoms with van der Waals surface area (Å²) in [6.07, 6.45) is 8.57. The number of phenolic OH excluding ortho intramolecular Hbond substituents is 1. The summed E-state index contributed by atoms with van der Waals surface area (Å²) in [6.45, 7) is 8.13. The quantitative estimate of drug-likeness (QED) is 0.0495. The Balaban J connectivity index is 0.000000240. The molecule has 78 heavy (non-hydrogen) atoms. The van der Waals surface area contributed by atoms with E-state index in [0.717, 1.165) is 37.1 Å². The molecule has 25 nitrogen and oxygen atoms in total. The predicted octanol–water partition coefficient (Wildman–Crippen LogP) is 1.78.